The van der Waals surface area contributed by atoms with E-state index in [2.05, 4.69) is 5.32 Å². The number of amides is 2. The Morgan fingerprint density at radius 1 is 1.10 bits per heavy atom. The van der Waals surface area contributed by atoms with Crippen LogP contribution in [0.15, 0.2) is 70.7 Å². The van der Waals surface area contributed by atoms with Gasteiger partial charge in [0, 0.05) is 22.7 Å². The summed E-state index contributed by atoms with van der Waals surface area (Å²) in [6.07, 6.45) is 1.29. The third kappa shape index (κ3) is 4.09. The number of thiocarbonyl (C=S) groups is 1. The summed E-state index contributed by atoms with van der Waals surface area (Å²) in [6, 6.07) is 15.5. The summed E-state index contributed by atoms with van der Waals surface area (Å²) >= 11 is 11.0. The molecule has 4 rings (SSSR count). The molecule has 1 fully saturated rings. The van der Waals surface area contributed by atoms with Crippen molar-refractivity contribution in [2.45, 2.75) is 0 Å². The number of rotatable bonds is 4. The molecule has 2 amide bonds. The van der Waals surface area contributed by atoms with Crippen molar-refractivity contribution in [1.82, 2.24) is 5.32 Å². The molecule has 1 N–H and O–H groups in total. The molecule has 1 aliphatic heterocycles. The van der Waals surface area contributed by atoms with E-state index in [1.54, 1.807) is 42.5 Å². The predicted molar refractivity (Wildman–Crippen MR) is 118 cm³/mol. The second kappa shape index (κ2) is 8.13. The minimum atomic E-state index is -0.659. The molecule has 1 aliphatic rings. The van der Waals surface area contributed by atoms with Crippen LogP contribution in [0.3, 0.4) is 0 Å². The van der Waals surface area contributed by atoms with Gasteiger partial charge in [0.1, 0.15) is 17.1 Å². The van der Waals surface area contributed by atoms with Crippen LogP contribution in [0.1, 0.15) is 5.76 Å². The molecular formula is C21H12ClN3O5S. The van der Waals surface area contributed by atoms with Crippen molar-refractivity contribution in [1.29, 1.82) is 0 Å². The molecule has 10 heteroatoms. The number of hydrogen-bond donors (Lipinski definition) is 1. The van der Waals surface area contributed by atoms with Crippen molar-refractivity contribution < 1.29 is 18.9 Å². The van der Waals surface area contributed by atoms with Gasteiger partial charge in [-0.05, 0) is 54.7 Å². The highest BCUT2D eigenvalue weighted by Crippen LogP contribution is 2.28. The van der Waals surface area contributed by atoms with E-state index in [0.717, 1.165) is 0 Å². The van der Waals surface area contributed by atoms with Crippen LogP contribution < -0.4 is 10.2 Å². The lowest BCUT2D eigenvalue weighted by atomic mass is 10.1. The minimum Gasteiger partial charge on any atom is -0.457 e. The molecule has 8 nitrogen and oxygen atoms in total. The Kier molecular flexibility index (Phi) is 5.37. The molecule has 0 unspecified atom stereocenters. The van der Waals surface area contributed by atoms with Crippen LogP contribution in [-0.4, -0.2) is 21.9 Å². The van der Waals surface area contributed by atoms with Gasteiger partial charge in [0.25, 0.3) is 17.5 Å². The van der Waals surface area contributed by atoms with Gasteiger partial charge in [0.05, 0.1) is 10.6 Å². The van der Waals surface area contributed by atoms with Crippen LogP contribution in [0.5, 0.6) is 0 Å². The fourth-order valence-corrected chi connectivity index (χ4v) is 3.39. The molecule has 1 saturated heterocycles. The fraction of sp³-hybridized carbons (Fsp3) is 0. The zero-order valence-electron chi connectivity index (χ0n) is 15.6. The number of nitro benzene ring substituents is 1. The number of benzene rings is 2. The Bertz CT molecular complexity index is 1270. The first-order chi connectivity index (χ1) is 14.8. The molecule has 0 spiro atoms. The number of nitrogens with one attached hydrogen (secondary N) is 1. The molecule has 2 heterocycles. The second-order valence-electron chi connectivity index (χ2n) is 6.44. The fourth-order valence-electron chi connectivity index (χ4n) is 2.98. The number of non-ortho nitro benzene ring substituents is 1. The van der Waals surface area contributed by atoms with Gasteiger partial charge in [-0.25, -0.2) is 0 Å². The number of carbonyl (C=O) groups excluding carboxylic acids is 2. The zero-order chi connectivity index (χ0) is 22.1. The van der Waals surface area contributed by atoms with Crippen LogP contribution in [0.25, 0.3) is 17.4 Å². The van der Waals surface area contributed by atoms with Crippen molar-refractivity contribution in [3.63, 3.8) is 0 Å². The Labute approximate surface area is 185 Å². The van der Waals surface area contributed by atoms with Gasteiger partial charge < -0.3 is 4.42 Å². The van der Waals surface area contributed by atoms with E-state index in [4.69, 9.17) is 28.2 Å². The first kappa shape index (κ1) is 20.5. The molecule has 0 saturated carbocycles. The van der Waals surface area contributed by atoms with Crippen LogP contribution >= 0.6 is 23.8 Å². The monoisotopic (exact) mass is 453 g/mol. The van der Waals surface area contributed by atoms with E-state index in [-0.39, 0.29) is 22.1 Å². The average molecular weight is 454 g/mol. The summed E-state index contributed by atoms with van der Waals surface area (Å²) in [5, 5.41) is 13.9. The van der Waals surface area contributed by atoms with Gasteiger partial charge in [-0.15, -0.1) is 0 Å². The molecule has 0 aliphatic carbocycles. The highest BCUT2D eigenvalue weighted by Gasteiger charge is 2.34. The average Bonchev–Trinajstić information content (AvgIpc) is 3.21. The number of nitro groups is 1. The second-order valence-corrected chi connectivity index (χ2v) is 7.27. The van der Waals surface area contributed by atoms with Gasteiger partial charge in [0.2, 0.25) is 0 Å². The third-order valence-corrected chi connectivity index (χ3v) is 4.98. The van der Waals surface area contributed by atoms with Crippen molar-refractivity contribution in [2.24, 2.45) is 0 Å². The SMILES string of the molecule is O=C1NC(=S)N(c2ccc(Cl)cc2)C(=O)/C1=C\c1ccc(-c2cccc([N+](=O)[O-])c2)o1. The van der Waals surface area contributed by atoms with Crippen LogP contribution in [0.2, 0.25) is 5.02 Å². The van der Waals surface area contributed by atoms with E-state index < -0.39 is 16.7 Å². The molecule has 0 radical (unpaired) electrons. The Balaban J connectivity index is 1.66. The molecule has 3 aromatic rings. The lowest BCUT2D eigenvalue weighted by Gasteiger charge is -2.28. The molecular weight excluding hydrogens is 442 g/mol. The smallest absolute Gasteiger partial charge is 0.270 e. The van der Waals surface area contributed by atoms with Crippen LogP contribution in [-0.2, 0) is 9.59 Å². The van der Waals surface area contributed by atoms with E-state index >= 15 is 0 Å². The maximum Gasteiger partial charge on any atom is 0.270 e. The Hall–Kier alpha value is -3.82. The zero-order valence-corrected chi connectivity index (χ0v) is 17.1. The summed E-state index contributed by atoms with van der Waals surface area (Å²) in [5.41, 5.74) is 0.676. The van der Waals surface area contributed by atoms with E-state index in [1.165, 1.54) is 29.2 Å². The van der Waals surface area contributed by atoms with Crippen LogP contribution in [0, 0.1) is 10.1 Å². The van der Waals surface area contributed by atoms with Crippen molar-refractivity contribution in [3.05, 3.63) is 87.1 Å². The van der Waals surface area contributed by atoms with Gasteiger partial charge in [-0.3, -0.25) is 29.9 Å². The number of hydrogen-bond acceptors (Lipinski definition) is 6. The number of carbonyl (C=O) groups is 2. The van der Waals surface area contributed by atoms with E-state index in [9.17, 15) is 19.7 Å². The molecule has 1 aromatic heterocycles. The summed E-state index contributed by atoms with van der Waals surface area (Å²) in [6.45, 7) is 0. The van der Waals surface area contributed by atoms with Gasteiger partial charge in [-0.1, -0.05) is 23.7 Å². The summed E-state index contributed by atoms with van der Waals surface area (Å²) in [5.74, 6) is -0.703. The highest BCUT2D eigenvalue weighted by molar-refractivity contribution is 7.80. The lowest BCUT2D eigenvalue weighted by Crippen LogP contribution is -2.54. The molecule has 0 atom stereocenters. The quantitative estimate of drug-likeness (QED) is 0.207. The molecule has 31 heavy (non-hydrogen) atoms. The van der Waals surface area contributed by atoms with Crippen molar-refractivity contribution in [2.75, 3.05) is 4.90 Å². The van der Waals surface area contributed by atoms with Crippen molar-refractivity contribution in [3.8, 4) is 11.3 Å². The third-order valence-electron chi connectivity index (χ3n) is 4.44. The number of halogens is 1. The summed E-state index contributed by atoms with van der Waals surface area (Å²) < 4.78 is 5.69. The largest absolute Gasteiger partial charge is 0.457 e. The first-order valence-electron chi connectivity index (χ1n) is 8.85. The minimum absolute atomic E-state index is 0.0498. The van der Waals surface area contributed by atoms with Gasteiger partial charge >= 0.3 is 0 Å². The maximum atomic E-state index is 13.0. The van der Waals surface area contributed by atoms with Crippen LogP contribution in [0.4, 0.5) is 11.4 Å². The first-order valence-corrected chi connectivity index (χ1v) is 9.64. The molecule has 2 aromatic carbocycles. The van der Waals surface area contributed by atoms with Gasteiger partial charge in [-0.2, -0.15) is 0 Å². The van der Waals surface area contributed by atoms with Crippen molar-refractivity contribution >= 4 is 58.2 Å². The van der Waals surface area contributed by atoms with E-state index in [1.807, 2.05) is 0 Å². The lowest BCUT2D eigenvalue weighted by molar-refractivity contribution is -0.384. The topological polar surface area (TPSA) is 106 Å². The summed E-state index contributed by atoms with van der Waals surface area (Å²) in [7, 11) is 0. The Morgan fingerprint density at radius 2 is 1.84 bits per heavy atom. The maximum absolute atomic E-state index is 13.0. The molecule has 154 valence electrons. The number of nitrogens with zero attached hydrogens (tertiary/aromatic N) is 2. The van der Waals surface area contributed by atoms with E-state index in [0.29, 0.717) is 22.0 Å². The Morgan fingerprint density at radius 3 is 2.55 bits per heavy atom. The standard InChI is InChI=1S/C21H12ClN3O5S/c22-13-4-6-14(7-5-13)24-20(27)17(19(26)23-21(24)31)11-16-8-9-18(30-16)12-2-1-3-15(10-12)25(28)29/h1-11H,(H,23,26,31)/b17-11-. The molecule has 0 bridgehead atoms. The number of furan rings is 1. The number of anilines is 1. The predicted octanol–water partition coefficient (Wildman–Crippen LogP) is 4.34. The van der Waals surface area contributed by atoms with Gasteiger partial charge in [0.15, 0.2) is 5.11 Å². The highest BCUT2D eigenvalue weighted by atomic mass is 35.5. The summed E-state index contributed by atoms with van der Waals surface area (Å²) in [4.78, 5) is 37.0. The normalized spacial score (nSPS) is 15.3.